The standard InChI is InChI=1S/C27H34ClN3O4/c1-8-15-31(22(32)16-29-26(34)35-27(5,6)7)24(20-13-9-11-17(2)19(20)4)25(33)30-23-18(3)12-10-14-21(23)28/h8-14,24H,1,15-16H2,2-7H3,(H,29,34)(H,30,33). The molecule has 0 aliphatic carbocycles. The van der Waals surface area contributed by atoms with E-state index in [0.29, 0.717) is 16.3 Å². The summed E-state index contributed by atoms with van der Waals surface area (Å²) in [6, 6.07) is 9.93. The fraction of sp³-hybridized carbons (Fsp3) is 0.370. The molecule has 0 fully saturated rings. The van der Waals surface area contributed by atoms with Gasteiger partial charge in [-0.15, -0.1) is 6.58 Å². The summed E-state index contributed by atoms with van der Waals surface area (Å²) in [5, 5.41) is 5.77. The zero-order valence-corrected chi connectivity index (χ0v) is 22.0. The van der Waals surface area contributed by atoms with Crippen LogP contribution in [0.25, 0.3) is 0 Å². The highest BCUT2D eigenvalue weighted by molar-refractivity contribution is 6.34. The Kier molecular flexibility index (Phi) is 9.48. The predicted molar refractivity (Wildman–Crippen MR) is 140 cm³/mol. The van der Waals surface area contributed by atoms with Gasteiger partial charge in [0, 0.05) is 6.54 Å². The number of alkyl carbamates (subject to hydrolysis) is 1. The van der Waals surface area contributed by atoms with Crippen molar-refractivity contribution < 1.29 is 19.1 Å². The number of amides is 3. The molecular formula is C27H34ClN3O4. The lowest BCUT2D eigenvalue weighted by Crippen LogP contribution is -2.46. The van der Waals surface area contributed by atoms with Gasteiger partial charge in [-0.05, 0) is 69.9 Å². The summed E-state index contributed by atoms with van der Waals surface area (Å²) in [5.74, 6) is -0.893. The maximum atomic E-state index is 13.7. The highest BCUT2D eigenvalue weighted by Crippen LogP contribution is 2.31. The van der Waals surface area contributed by atoms with Crippen LogP contribution in [0.3, 0.4) is 0 Å². The van der Waals surface area contributed by atoms with Crippen molar-refractivity contribution in [2.24, 2.45) is 0 Å². The second-order valence-electron chi connectivity index (χ2n) is 9.30. The summed E-state index contributed by atoms with van der Waals surface area (Å²) >= 11 is 6.35. The molecule has 1 unspecified atom stereocenters. The van der Waals surface area contributed by atoms with Gasteiger partial charge in [0.1, 0.15) is 18.2 Å². The van der Waals surface area contributed by atoms with Crippen LogP contribution in [0.2, 0.25) is 5.02 Å². The minimum absolute atomic E-state index is 0.0851. The number of nitrogens with zero attached hydrogens (tertiary/aromatic N) is 1. The van der Waals surface area contributed by atoms with Crippen molar-refractivity contribution in [3.63, 3.8) is 0 Å². The summed E-state index contributed by atoms with van der Waals surface area (Å²) < 4.78 is 5.23. The first-order valence-corrected chi connectivity index (χ1v) is 11.7. The quantitative estimate of drug-likeness (QED) is 0.470. The Morgan fingerprint density at radius 1 is 1.09 bits per heavy atom. The summed E-state index contributed by atoms with van der Waals surface area (Å²) in [5.41, 5.74) is 3.09. The van der Waals surface area contributed by atoms with E-state index in [0.717, 1.165) is 16.7 Å². The molecule has 188 valence electrons. The van der Waals surface area contributed by atoms with Gasteiger partial charge in [-0.2, -0.15) is 0 Å². The smallest absolute Gasteiger partial charge is 0.408 e. The first-order valence-electron chi connectivity index (χ1n) is 11.3. The number of nitrogens with one attached hydrogen (secondary N) is 2. The van der Waals surface area contributed by atoms with Crippen molar-refractivity contribution in [3.05, 3.63) is 76.3 Å². The van der Waals surface area contributed by atoms with Gasteiger partial charge in [0.25, 0.3) is 5.91 Å². The third-order valence-corrected chi connectivity index (χ3v) is 5.72. The van der Waals surface area contributed by atoms with Crippen molar-refractivity contribution in [1.82, 2.24) is 10.2 Å². The zero-order chi connectivity index (χ0) is 26.3. The van der Waals surface area contributed by atoms with E-state index in [1.165, 1.54) is 11.0 Å². The second-order valence-corrected chi connectivity index (χ2v) is 9.71. The molecule has 0 aliphatic rings. The minimum atomic E-state index is -0.989. The minimum Gasteiger partial charge on any atom is -0.444 e. The molecule has 2 rings (SSSR count). The van der Waals surface area contributed by atoms with Gasteiger partial charge >= 0.3 is 6.09 Å². The van der Waals surface area contributed by atoms with Gasteiger partial charge in [-0.1, -0.05) is 48.0 Å². The van der Waals surface area contributed by atoms with Crippen LogP contribution in [0.4, 0.5) is 10.5 Å². The van der Waals surface area contributed by atoms with Gasteiger partial charge < -0.3 is 20.3 Å². The van der Waals surface area contributed by atoms with E-state index in [1.807, 2.05) is 45.0 Å². The number of para-hydroxylation sites is 1. The number of carbonyl (C=O) groups is 3. The molecule has 0 aliphatic heterocycles. The average Bonchev–Trinajstić information content (AvgIpc) is 2.76. The lowest BCUT2D eigenvalue weighted by molar-refractivity contribution is -0.137. The normalized spacial score (nSPS) is 11.9. The molecule has 0 aromatic heterocycles. The molecular weight excluding hydrogens is 466 g/mol. The summed E-state index contributed by atoms with van der Waals surface area (Å²) in [4.78, 5) is 40.5. The Hall–Kier alpha value is -3.32. The highest BCUT2D eigenvalue weighted by atomic mass is 35.5. The number of anilines is 1. The molecule has 0 spiro atoms. The van der Waals surface area contributed by atoms with Crippen LogP contribution in [0.15, 0.2) is 49.1 Å². The molecule has 7 nitrogen and oxygen atoms in total. The average molecular weight is 500 g/mol. The summed E-state index contributed by atoms with van der Waals surface area (Å²) in [6.07, 6.45) is 0.821. The van der Waals surface area contributed by atoms with E-state index >= 15 is 0 Å². The molecule has 1 atom stereocenters. The van der Waals surface area contributed by atoms with Crippen molar-refractivity contribution >= 4 is 35.2 Å². The lowest BCUT2D eigenvalue weighted by Gasteiger charge is -2.32. The van der Waals surface area contributed by atoms with Gasteiger partial charge in [0.05, 0.1) is 10.7 Å². The van der Waals surface area contributed by atoms with Crippen molar-refractivity contribution in [2.45, 2.75) is 53.2 Å². The number of halogens is 1. The third kappa shape index (κ3) is 7.59. The number of rotatable bonds is 8. The molecule has 0 bridgehead atoms. The molecule has 3 amide bonds. The highest BCUT2D eigenvalue weighted by Gasteiger charge is 2.33. The van der Waals surface area contributed by atoms with E-state index in [9.17, 15) is 14.4 Å². The Morgan fingerprint density at radius 2 is 1.71 bits per heavy atom. The topological polar surface area (TPSA) is 87.7 Å². The van der Waals surface area contributed by atoms with E-state index in [1.54, 1.807) is 32.9 Å². The van der Waals surface area contributed by atoms with Gasteiger partial charge in [0.2, 0.25) is 5.91 Å². The van der Waals surface area contributed by atoms with Gasteiger partial charge in [-0.25, -0.2) is 4.79 Å². The predicted octanol–water partition coefficient (Wildman–Crippen LogP) is 5.48. The fourth-order valence-electron chi connectivity index (χ4n) is 3.56. The second kappa shape index (κ2) is 11.9. The van der Waals surface area contributed by atoms with Gasteiger partial charge in [-0.3, -0.25) is 9.59 Å². The number of benzene rings is 2. The Morgan fingerprint density at radius 3 is 2.31 bits per heavy atom. The molecule has 2 aromatic carbocycles. The molecule has 0 saturated heterocycles. The first kappa shape index (κ1) is 27.9. The summed E-state index contributed by atoms with van der Waals surface area (Å²) in [7, 11) is 0. The maximum absolute atomic E-state index is 13.7. The molecule has 2 aromatic rings. The SMILES string of the molecule is C=CCN(C(=O)CNC(=O)OC(C)(C)C)C(C(=O)Nc1c(C)cccc1Cl)c1cccc(C)c1C. The molecule has 8 heteroatoms. The molecule has 0 saturated carbocycles. The Balaban J connectivity index is 2.44. The first-order chi connectivity index (χ1) is 16.4. The van der Waals surface area contributed by atoms with Crippen LogP contribution >= 0.6 is 11.6 Å². The van der Waals surface area contributed by atoms with Gasteiger partial charge in [0.15, 0.2) is 0 Å². The number of ether oxygens (including phenoxy) is 1. The number of hydrogen-bond donors (Lipinski definition) is 2. The van der Waals surface area contributed by atoms with Crippen molar-refractivity contribution in [2.75, 3.05) is 18.4 Å². The Labute approximate surface area is 212 Å². The van der Waals surface area contributed by atoms with Crippen molar-refractivity contribution in [1.29, 1.82) is 0 Å². The summed E-state index contributed by atoms with van der Waals surface area (Å²) in [6.45, 7) is 14.4. The molecule has 0 heterocycles. The fourth-order valence-corrected chi connectivity index (χ4v) is 3.83. The van der Waals surface area contributed by atoms with Crippen molar-refractivity contribution in [3.8, 4) is 0 Å². The van der Waals surface area contributed by atoms with Crippen LogP contribution in [-0.4, -0.2) is 41.5 Å². The molecule has 2 N–H and O–H groups in total. The number of aryl methyl sites for hydroxylation is 2. The van der Waals surface area contributed by atoms with Crippen LogP contribution in [0.5, 0.6) is 0 Å². The largest absolute Gasteiger partial charge is 0.444 e. The van der Waals surface area contributed by atoms with E-state index < -0.39 is 29.6 Å². The van der Waals surface area contributed by atoms with Crippen LogP contribution in [0, 0.1) is 20.8 Å². The molecule has 0 radical (unpaired) electrons. The number of hydrogen-bond acceptors (Lipinski definition) is 4. The third-order valence-electron chi connectivity index (χ3n) is 5.40. The lowest BCUT2D eigenvalue weighted by atomic mass is 9.95. The Bertz CT molecular complexity index is 1090. The van der Waals surface area contributed by atoms with Crippen LogP contribution < -0.4 is 10.6 Å². The number of carbonyl (C=O) groups excluding carboxylic acids is 3. The maximum Gasteiger partial charge on any atom is 0.408 e. The van der Waals surface area contributed by atoms with E-state index in [2.05, 4.69) is 17.2 Å². The zero-order valence-electron chi connectivity index (χ0n) is 21.2. The van der Waals surface area contributed by atoms with E-state index in [4.69, 9.17) is 16.3 Å². The molecule has 35 heavy (non-hydrogen) atoms. The van der Waals surface area contributed by atoms with E-state index in [-0.39, 0.29) is 13.1 Å². The monoisotopic (exact) mass is 499 g/mol. The van der Waals surface area contributed by atoms with Crippen LogP contribution in [-0.2, 0) is 14.3 Å². The van der Waals surface area contributed by atoms with Crippen LogP contribution in [0.1, 0.15) is 49.1 Å².